The number of aryl methyl sites for hydroxylation is 1. The molecule has 1 heterocycles. The Hall–Kier alpha value is -1.73. The summed E-state index contributed by atoms with van der Waals surface area (Å²) in [6.45, 7) is 3.26. The third kappa shape index (κ3) is 5.44. The number of thioether (sulfide) groups is 1. The van der Waals surface area contributed by atoms with Gasteiger partial charge in [0.15, 0.2) is 5.16 Å². The van der Waals surface area contributed by atoms with Crippen LogP contribution in [0.5, 0.6) is 5.75 Å². The highest BCUT2D eigenvalue weighted by Gasteiger charge is 2.12. The minimum atomic E-state index is -0.862. The van der Waals surface area contributed by atoms with Crippen LogP contribution in [0.2, 0.25) is 5.02 Å². The van der Waals surface area contributed by atoms with Gasteiger partial charge >= 0.3 is 5.97 Å². The first-order chi connectivity index (χ1) is 11.1. The van der Waals surface area contributed by atoms with Crippen LogP contribution in [0.4, 0.5) is 0 Å². The van der Waals surface area contributed by atoms with Gasteiger partial charge in [0.1, 0.15) is 11.6 Å². The maximum Gasteiger partial charge on any atom is 0.313 e. The van der Waals surface area contributed by atoms with E-state index in [1.54, 1.807) is 12.1 Å². The topological polar surface area (TPSA) is 77.2 Å². The average molecular weight is 356 g/mol. The highest BCUT2D eigenvalue weighted by atomic mass is 35.5. The van der Waals surface area contributed by atoms with E-state index in [9.17, 15) is 4.79 Å². The second-order valence-electron chi connectivity index (χ2n) is 4.73. The van der Waals surface area contributed by atoms with E-state index in [2.05, 4.69) is 10.2 Å². The van der Waals surface area contributed by atoms with Gasteiger partial charge in [0, 0.05) is 18.0 Å². The fourth-order valence-corrected chi connectivity index (χ4v) is 2.87. The Labute approximate surface area is 143 Å². The van der Waals surface area contributed by atoms with Gasteiger partial charge in [-0.2, -0.15) is 0 Å². The zero-order valence-corrected chi connectivity index (χ0v) is 14.3. The zero-order chi connectivity index (χ0) is 16.7. The molecule has 1 N–H and O–H groups in total. The van der Waals surface area contributed by atoms with E-state index in [1.165, 1.54) is 11.8 Å². The molecule has 0 atom stereocenters. The molecule has 23 heavy (non-hydrogen) atoms. The average Bonchev–Trinajstić information content (AvgIpc) is 2.93. The lowest BCUT2D eigenvalue weighted by Gasteiger charge is -2.08. The van der Waals surface area contributed by atoms with Crippen molar-refractivity contribution in [3.05, 3.63) is 35.1 Å². The standard InChI is InChI=1S/C15H18ClN3O3S/c1-2-19-13(17-18-15(19)23-10-14(20)21)4-3-9-22-12-7-5-11(16)6-8-12/h5-8H,2-4,9-10H2,1H3,(H,20,21). The Kier molecular flexibility index (Phi) is 6.73. The van der Waals surface area contributed by atoms with E-state index in [0.29, 0.717) is 23.3 Å². The summed E-state index contributed by atoms with van der Waals surface area (Å²) in [6.07, 6.45) is 1.52. The minimum Gasteiger partial charge on any atom is -0.494 e. The number of benzene rings is 1. The number of nitrogens with zero attached hydrogens (tertiary/aromatic N) is 3. The van der Waals surface area contributed by atoms with Crippen LogP contribution in [0.1, 0.15) is 19.2 Å². The number of hydrogen-bond acceptors (Lipinski definition) is 5. The number of carboxylic acids is 1. The van der Waals surface area contributed by atoms with Gasteiger partial charge < -0.3 is 14.4 Å². The van der Waals surface area contributed by atoms with Crippen LogP contribution >= 0.6 is 23.4 Å². The second-order valence-corrected chi connectivity index (χ2v) is 6.11. The highest BCUT2D eigenvalue weighted by Crippen LogP contribution is 2.18. The van der Waals surface area contributed by atoms with Crippen molar-refractivity contribution in [1.29, 1.82) is 0 Å². The van der Waals surface area contributed by atoms with Crippen LogP contribution < -0.4 is 4.74 Å². The quantitative estimate of drug-likeness (QED) is 0.550. The zero-order valence-electron chi connectivity index (χ0n) is 12.7. The van der Waals surface area contributed by atoms with Crippen LogP contribution in [0.3, 0.4) is 0 Å². The third-order valence-corrected chi connectivity index (χ3v) is 4.27. The van der Waals surface area contributed by atoms with Gasteiger partial charge in [-0.05, 0) is 37.6 Å². The van der Waals surface area contributed by atoms with E-state index < -0.39 is 5.97 Å². The number of ether oxygens (including phenoxy) is 1. The summed E-state index contributed by atoms with van der Waals surface area (Å²) in [7, 11) is 0. The van der Waals surface area contributed by atoms with Crippen LogP contribution in [0, 0.1) is 0 Å². The predicted molar refractivity (Wildman–Crippen MR) is 89.3 cm³/mol. The smallest absolute Gasteiger partial charge is 0.313 e. The molecule has 0 aliphatic carbocycles. The number of hydrogen-bond donors (Lipinski definition) is 1. The first-order valence-corrected chi connectivity index (χ1v) is 8.61. The Morgan fingerprint density at radius 2 is 2.09 bits per heavy atom. The Bertz CT molecular complexity index is 646. The van der Waals surface area contributed by atoms with Gasteiger partial charge in [-0.1, -0.05) is 23.4 Å². The van der Waals surface area contributed by atoms with Gasteiger partial charge in [-0.25, -0.2) is 0 Å². The molecule has 0 spiro atoms. The van der Waals surface area contributed by atoms with Gasteiger partial charge in [-0.3, -0.25) is 4.79 Å². The van der Waals surface area contributed by atoms with Crippen LogP contribution in [-0.2, 0) is 17.8 Å². The second kappa shape index (κ2) is 8.79. The fraction of sp³-hybridized carbons (Fsp3) is 0.400. The van der Waals surface area contributed by atoms with Crippen molar-refractivity contribution in [3.63, 3.8) is 0 Å². The van der Waals surface area contributed by atoms with E-state index in [0.717, 1.165) is 24.4 Å². The van der Waals surface area contributed by atoms with Crippen molar-refractivity contribution in [1.82, 2.24) is 14.8 Å². The lowest BCUT2D eigenvalue weighted by Crippen LogP contribution is -2.07. The monoisotopic (exact) mass is 355 g/mol. The SMILES string of the molecule is CCn1c(CCCOc2ccc(Cl)cc2)nnc1SCC(=O)O. The molecule has 124 valence electrons. The molecule has 1 aromatic carbocycles. The Morgan fingerprint density at radius 3 is 2.74 bits per heavy atom. The van der Waals surface area contributed by atoms with Crippen molar-refractivity contribution in [2.75, 3.05) is 12.4 Å². The molecule has 2 rings (SSSR count). The van der Waals surface area contributed by atoms with Crippen molar-refractivity contribution in [2.24, 2.45) is 0 Å². The van der Waals surface area contributed by atoms with E-state index in [4.69, 9.17) is 21.4 Å². The molecule has 0 aliphatic rings. The van der Waals surface area contributed by atoms with E-state index in [-0.39, 0.29) is 5.75 Å². The lowest BCUT2D eigenvalue weighted by molar-refractivity contribution is -0.133. The maximum atomic E-state index is 10.6. The summed E-state index contributed by atoms with van der Waals surface area (Å²) >= 11 is 7.01. The minimum absolute atomic E-state index is 0.0161. The van der Waals surface area contributed by atoms with Crippen molar-refractivity contribution in [2.45, 2.75) is 31.5 Å². The highest BCUT2D eigenvalue weighted by molar-refractivity contribution is 7.99. The molecule has 8 heteroatoms. The van der Waals surface area contributed by atoms with Gasteiger partial charge in [0.05, 0.1) is 12.4 Å². The first-order valence-electron chi connectivity index (χ1n) is 7.25. The Morgan fingerprint density at radius 1 is 1.35 bits per heavy atom. The van der Waals surface area contributed by atoms with E-state index >= 15 is 0 Å². The number of carboxylic acid groups (broad SMARTS) is 1. The largest absolute Gasteiger partial charge is 0.494 e. The molecular weight excluding hydrogens is 338 g/mol. The molecule has 0 unspecified atom stereocenters. The van der Waals surface area contributed by atoms with Crippen LogP contribution in [0.15, 0.2) is 29.4 Å². The number of carbonyl (C=O) groups is 1. The molecule has 0 amide bonds. The third-order valence-electron chi connectivity index (χ3n) is 3.06. The number of rotatable bonds is 9. The number of aromatic nitrogens is 3. The van der Waals surface area contributed by atoms with Crippen molar-refractivity contribution in [3.8, 4) is 5.75 Å². The number of aliphatic carboxylic acids is 1. The molecule has 0 aliphatic heterocycles. The van der Waals surface area contributed by atoms with Crippen LogP contribution in [-0.4, -0.2) is 38.2 Å². The fourth-order valence-electron chi connectivity index (χ4n) is 2.01. The van der Waals surface area contributed by atoms with Gasteiger partial charge in [-0.15, -0.1) is 10.2 Å². The molecule has 0 bridgehead atoms. The summed E-state index contributed by atoms with van der Waals surface area (Å²) in [5.74, 6) is 0.750. The summed E-state index contributed by atoms with van der Waals surface area (Å²) < 4.78 is 7.58. The summed E-state index contributed by atoms with van der Waals surface area (Å²) in [5.41, 5.74) is 0. The molecular formula is C15H18ClN3O3S. The van der Waals surface area contributed by atoms with E-state index in [1.807, 2.05) is 23.6 Å². The van der Waals surface area contributed by atoms with Crippen molar-refractivity contribution < 1.29 is 14.6 Å². The summed E-state index contributed by atoms with van der Waals surface area (Å²) in [4.78, 5) is 10.6. The van der Waals surface area contributed by atoms with Crippen LogP contribution in [0.25, 0.3) is 0 Å². The molecule has 0 fully saturated rings. The molecule has 0 radical (unpaired) electrons. The Balaban J connectivity index is 1.83. The van der Waals surface area contributed by atoms with Crippen molar-refractivity contribution >= 4 is 29.3 Å². The molecule has 6 nitrogen and oxygen atoms in total. The van der Waals surface area contributed by atoms with Gasteiger partial charge in [0.25, 0.3) is 0 Å². The lowest BCUT2D eigenvalue weighted by atomic mass is 10.3. The summed E-state index contributed by atoms with van der Waals surface area (Å²) in [6, 6.07) is 7.24. The predicted octanol–water partition coefficient (Wildman–Crippen LogP) is 3.14. The first kappa shape index (κ1) is 17.6. The van der Waals surface area contributed by atoms with Gasteiger partial charge in [0.2, 0.25) is 0 Å². The maximum absolute atomic E-state index is 10.6. The molecule has 0 saturated carbocycles. The summed E-state index contributed by atoms with van der Waals surface area (Å²) in [5, 5.41) is 18.3. The molecule has 1 aromatic heterocycles. The molecule has 0 saturated heterocycles. The number of halogens is 1. The molecule has 2 aromatic rings. The normalized spacial score (nSPS) is 10.7.